The first-order chi connectivity index (χ1) is 16.7. The van der Waals surface area contributed by atoms with E-state index < -0.39 is 26.5 Å². The Morgan fingerprint density at radius 1 is 1.03 bits per heavy atom. The molecule has 184 valence electrons. The largest absolute Gasteiger partial charge is 0.355 e. The molecule has 0 radical (unpaired) electrons. The van der Waals surface area contributed by atoms with E-state index in [1.54, 1.807) is 13.8 Å². The molecule has 1 amide bonds. The Bertz CT molecular complexity index is 1310. The molecule has 0 atom stereocenters. The van der Waals surface area contributed by atoms with Crippen molar-refractivity contribution in [1.29, 1.82) is 0 Å². The molecule has 14 heteroatoms. The molecule has 3 rings (SSSR count). The number of hydrazine groups is 1. The Hall–Kier alpha value is -3.81. The van der Waals surface area contributed by atoms with E-state index in [4.69, 9.17) is 11.6 Å². The summed E-state index contributed by atoms with van der Waals surface area (Å²) in [5.74, 6) is -0.975. The summed E-state index contributed by atoms with van der Waals surface area (Å²) in [5.41, 5.74) is 4.89. The SMILES string of the molecule is CCN(CC)S(=O)(=O)c1ccc(Nc2ncnc(NNC(=O)c3ccc(Cl)cc3)c2[N+](=O)[O-])cc1. The van der Waals surface area contributed by atoms with Crippen LogP contribution in [0.2, 0.25) is 5.02 Å². The molecule has 3 aromatic rings. The molecule has 0 saturated heterocycles. The second kappa shape index (κ2) is 11.1. The molecule has 2 aromatic carbocycles. The second-order valence-electron chi connectivity index (χ2n) is 7.00. The summed E-state index contributed by atoms with van der Waals surface area (Å²) >= 11 is 5.81. The standard InChI is InChI=1S/C21H22ClN7O5S/c1-3-28(4-2)35(33,34)17-11-9-16(10-12-17)25-19-18(29(31)32)20(24-13-23-19)26-27-21(30)14-5-7-15(22)8-6-14/h5-13H,3-4H2,1-2H3,(H,27,30)(H2,23,24,25,26). The highest BCUT2D eigenvalue weighted by Gasteiger charge is 2.25. The number of anilines is 3. The van der Waals surface area contributed by atoms with E-state index in [-0.39, 0.29) is 22.1 Å². The number of nitro groups is 1. The number of nitrogens with one attached hydrogen (secondary N) is 3. The van der Waals surface area contributed by atoms with Crippen LogP contribution in [0.25, 0.3) is 0 Å². The maximum atomic E-state index is 12.6. The minimum absolute atomic E-state index is 0.0937. The number of halogens is 1. The van der Waals surface area contributed by atoms with Crippen LogP contribution in [0.5, 0.6) is 0 Å². The normalized spacial score (nSPS) is 11.2. The van der Waals surface area contributed by atoms with Gasteiger partial charge in [-0.15, -0.1) is 0 Å². The van der Waals surface area contributed by atoms with Crippen LogP contribution in [0, 0.1) is 10.1 Å². The molecule has 1 aromatic heterocycles. The predicted molar refractivity (Wildman–Crippen MR) is 131 cm³/mol. The molecule has 0 unspecified atom stereocenters. The van der Waals surface area contributed by atoms with Gasteiger partial charge in [-0.3, -0.25) is 25.8 Å². The molecule has 0 aliphatic rings. The zero-order valence-electron chi connectivity index (χ0n) is 18.7. The van der Waals surface area contributed by atoms with Crippen molar-refractivity contribution in [2.75, 3.05) is 23.8 Å². The molecule has 0 saturated carbocycles. The Morgan fingerprint density at radius 3 is 2.20 bits per heavy atom. The average Bonchev–Trinajstić information content (AvgIpc) is 2.83. The summed E-state index contributed by atoms with van der Waals surface area (Å²) in [4.78, 5) is 31.2. The van der Waals surface area contributed by atoms with Gasteiger partial charge in [0.15, 0.2) is 0 Å². The summed E-state index contributed by atoms with van der Waals surface area (Å²) in [6.07, 6.45) is 1.07. The summed E-state index contributed by atoms with van der Waals surface area (Å²) < 4.78 is 26.6. The number of carbonyl (C=O) groups excluding carboxylic acids is 1. The Kier molecular flexibility index (Phi) is 8.17. The van der Waals surface area contributed by atoms with Crippen molar-refractivity contribution in [2.24, 2.45) is 0 Å². The van der Waals surface area contributed by atoms with Crippen LogP contribution >= 0.6 is 11.6 Å². The van der Waals surface area contributed by atoms with Gasteiger partial charge in [-0.1, -0.05) is 25.4 Å². The molecule has 35 heavy (non-hydrogen) atoms. The second-order valence-corrected chi connectivity index (χ2v) is 9.38. The molecule has 0 aliphatic carbocycles. The number of sulfonamides is 1. The fourth-order valence-electron chi connectivity index (χ4n) is 3.08. The first-order valence-electron chi connectivity index (χ1n) is 10.4. The van der Waals surface area contributed by atoms with Crippen molar-refractivity contribution < 1.29 is 18.1 Å². The first-order valence-corrected chi connectivity index (χ1v) is 12.2. The number of benzene rings is 2. The molecular weight excluding hydrogens is 498 g/mol. The number of rotatable bonds is 10. The van der Waals surface area contributed by atoms with E-state index in [1.807, 2.05) is 0 Å². The lowest BCUT2D eigenvalue weighted by molar-refractivity contribution is -0.383. The monoisotopic (exact) mass is 519 g/mol. The third-order valence-corrected chi connectivity index (χ3v) is 7.18. The quantitative estimate of drug-likeness (QED) is 0.268. The van der Waals surface area contributed by atoms with Gasteiger partial charge in [0, 0.05) is 29.4 Å². The molecule has 1 heterocycles. The van der Waals surface area contributed by atoms with E-state index in [2.05, 4.69) is 26.1 Å². The highest BCUT2D eigenvalue weighted by atomic mass is 35.5. The molecule has 0 bridgehead atoms. The van der Waals surface area contributed by atoms with Crippen LogP contribution in [-0.4, -0.2) is 46.6 Å². The lowest BCUT2D eigenvalue weighted by atomic mass is 10.2. The maximum Gasteiger partial charge on any atom is 0.355 e. The van der Waals surface area contributed by atoms with Crippen molar-refractivity contribution in [3.05, 3.63) is 75.6 Å². The Labute approximate surface area is 206 Å². The number of carbonyl (C=O) groups is 1. The fourth-order valence-corrected chi connectivity index (χ4v) is 4.67. The van der Waals surface area contributed by atoms with Crippen molar-refractivity contribution in [3.8, 4) is 0 Å². The van der Waals surface area contributed by atoms with E-state index in [1.165, 1.54) is 52.8 Å². The fraction of sp³-hybridized carbons (Fsp3) is 0.190. The maximum absolute atomic E-state index is 12.6. The first kappa shape index (κ1) is 25.8. The molecule has 0 aliphatic heterocycles. The van der Waals surface area contributed by atoms with E-state index in [0.717, 1.165) is 6.33 Å². The smallest absolute Gasteiger partial charge is 0.334 e. The number of aromatic nitrogens is 2. The van der Waals surface area contributed by atoms with Crippen LogP contribution in [0.1, 0.15) is 24.2 Å². The summed E-state index contributed by atoms with van der Waals surface area (Å²) in [5, 5.41) is 15.0. The van der Waals surface area contributed by atoms with Crippen molar-refractivity contribution >= 4 is 50.5 Å². The van der Waals surface area contributed by atoms with Crippen LogP contribution in [0.15, 0.2) is 59.8 Å². The van der Waals surface area contributed by atoms with Gasteiger partial charge in [0.2, 0.25) is 21.7 Å². The van der Waals surface area contributed by atoms with Crippen LogP contribution in [0.4, 0.5) is 23.0 Å². The number of hydrogen-bond donors (Lipinski definition) is 3. The lowest BCUT2D eigenvalue weighted by Crippen LogP contribution is -2.30. The van der Waals surface area contributed by atoms with E-state index >= 15 is 0 Å². The summed E-state index contributed by atoms with van der Waals surface area (Å²) in [6.45, 7) is 4.15. The van der Waals surface area contributed by atoms with E-state index in [9.17, 15) is 23.3 Å². The molecule has 0 spiro atoms. The van der Waals surface area contributed by atoms with E-state index in [0.29, 0.717) is 23.8 Å². The van der Waals surface area contributed by atoms with Crippen molar-refractivity contribution in [1.82, 2.24) is 19.7 Å². The lowest BCUT2D eigenvalue weighted by Gasteiger charge is -2.18. The zero-order valence-corrected chi connectivity index (χ0v) is 20.3. The van der Waals surface area contributed by atoms with Gasteiger partial charge in [0.05, 0.1) is 9.82 Å². The molecule has 0 fully saturated rings. The topological polar surface area (TPSA) is 159 Å². The van der Waals surface area contributed by atoms with Gasteiger partial charge in [-0.25, -0.2) is 18.4 Å². The van der Waals surface area contributed by atoms with Crippen LogP contribution < -0.4 is 16.2 Å². The molecule has 3 N–H and O–H groups in total. The average molecular weight is 520 g/mol. The number of amides is 1. The zero-order chi connectivity index (χ0) is 25.6. The van der Waals surface area contributed by atoms with Crippen LogP contribution in [0.3, 0.4) is 0 Å². The van der Waals surface area contributed by atoms with Gasteiger partial charge in [-0.2, -0.15) is 4.31 Å². The number of nitrogens with zero attached hydrogens (tertiary/aromatic N) is 4. The number of hydrogen-bond acceptors (Lipinski definition) is 9. The third-order valence-electron chi connectivity index (χ3n) is 4.87. The van der Waals surface area contributed by atoms with Crippen molar-refractivity contribution in [3.63, 3.8) is 0 Å². The minimum atomic E-state index is -3.65. The van der Waals surface area contributed by atoms with Gasteiger partial charge < -0.3 is 5.32 Å². The minimum Gasteiger partial charge on any atom is -0.334 e. The van der Waals surface area contributed by atoms with Gasteiger partial charge in [-0.05, 0) is 48.5 Å². The highest BCUT2D eigenvalue weighted by Crippen LogP contribution is 2.31. The molecular formula is C21H22ClN7O5S. The molecule has 12 nitrogen and oxygen atoms in total. The highest BCUT2D eigenvalue weighted by molar-refractivity contribution is 7.89. The van der Waals surface area contributed by atoms with Gasteiger partial charge >= 0.3 is 5.69 Å². The third kappa shape index (κ3) is 6.01. The summed E-state index contributed by atoms with van der Waals surface area (Å²) in [7, 11) is -3.65. The Balaban J connectivity index is 1.80. The van der Waals surface area contributed by atoms with Crippen molar-refractivity contribution in [2.45, 2.75) is 18.7 Å². The predicted octanol–water partition coefficient (Wildman–Crippen LogP) is 3.57. The Morgan fingerprint density at radius 2 is 1.63 bits per heavy atom. The van der Waals surface area contributed by atoms with Gasteiger partial charge in [0.1, 0.15) is 6.33 Å². The summed E-state index contributed by atoms with van der Waals surface area (Å²) in [6, 6.07) is 11.8. The van der Waals surface area contributed by atoms with Crippen LogP contribution in [-0.2, 0) is 10.0 Å². The van der Waals surface area contributed by atoms with Gasteiger partial charge in [0.25, 0.3) is 5.91 Å².